The zero-order valence-corrected chi connectivity index (χ0v) is 8.00. The van der Waals surface area contributed by atoms with E-state index in [-0.39, 0.29) is 11.8 Å². The molecule has 1 heterocycles. The predicted molar refractivity (Wildman–Crippen MR) is 46.7 cm³/mol. The Bertz CT molecular complexity index is 183. The summed E-state index contributed by atoms with van der Waals surface area (Å²) in [5.41, 5.74) is -0.649. The van der Waals surface area contributed by atoms with Crippen molar-refractivity contribution in [2.75, 3.05) is 13.1 Å². The Labute approximate surface area is 73.4 Å². The molecule has 0 aromatic heterocycles. The molecule has 0 saturated carbocycles. The monoisotopic (exact) mass is 171 g/mol. The second kappa shape index (κ2) is 3.05. The molecule has 3 heteroatoms. The zero-order chi connectivity index (χ0) is 9.35. The van der Waals surface area contributed by atoms with Gasteiger partial charge in [-0.05, 0) is 20.3 Å². The fourth-order valence-corrected chi connectivity index (χ4v) is 1.62. The first kappa shape index (κ1) is 9.52. The van der Waals surface area contributed by atoms with Crippen LogP contribution in [-0.4, -0.2) is 34.6 Å². The van der Waals surface area contributed by atoms with Gasteiger partial charge in [0.15, 0.2) is 0 Å². The van der Waals surface area contributed by atoms with Crippen molar-refractivity contribution in [3.05, 3.63) is 0 Å². The number of hydrogen-bond acceptors (Lipinski definition) is 2. The second-order valence-electron chi connectivity index (χ2n) is 4.10. The minimum Gasteiger partial charge on any atom is -0.390 e. The van der Waals surface area contributed by atoms with Gasteiger partial charge in [-0.2, -0.15) is 0 Å². The van der Waals surface area contributed by atoms with Crippen molar-refractivity contribution < 1.29 is 9.90 Å². The molecule has 12 heavy (non-hydrogen) atoms. The normalized spacial score (nSPS) is 24.7. The number of carbonyl (C=O) groups is 1. The molecule has 1 rings (SSSR count). The lowest BCUT2D eigenvalue weighted by atomic mass is 9.90. The van der Waals surface area contributed by atoms with E-state index in [0.29, 0.717) is 6.54 Å². The van der Waals surface area contributed by atoms with Crippen LogP contribution in [-0.2, 0) is 4.79 Å². The van der Waals surface area contributed by atoms with Gasteiger partial charge in [0.05, 0.1) is 5.60 Å². The van der Waals surface area contributed by atoms with E-state index in [2.05, 4.69) is 0 Å². The van der Waals surface area contributed by atoms with Crippen molar-refractivity contribution in [3.8, 4) is 0 Å². The van der Waals surface area contributed by atoms with Gasteiger partial charge in [0.1, 0.15) is 0 Å². The average Bonchev–Trinajstić information content (AvgIpc) is 2.30. The first-order chi connectivity index (χ1) is 5.41. The molecule has 0 aromatic rings. The molecule has 1 aliphatic rings. The number of carbonyl (C=O) groups excluding carboxylic acids is 1. The summed E-state index contributed by atoms with van der Waals surface area (Å²) in [4.78, 5) is 12.8. The minimum absolute atomic E-state index is 0.113. The third kappa shape index (κ3) is 1.97. The van der Waals surface area contributed by atoms with Gasteiger partial charge in [-0.3, -0.25) is 4.79 Å². The van der Waals surface area contributed by atoms with E-state index in [9.17, 15) is 9.90 Å². The molecule has 0 aromatic carbocycles. The van der Waals surface area contributed by atoms with E-state index in [1.807, 2.05) is 0 Å². The zero-order valence-electron chi connectivity index (χ0n) is 8.00. The van der Waals surface area contributed by atoms with E-state index in [1.165, 1.54) is 0 Å². The first-order valence-electron chi connectivity index (χ1n) is 4.39. The molecule has 1 atom stereocenters. The molecule has 3 nitrogen and oxygen atoms in total. The van der Waals surface area contributed by atoms with Gasteiger partial charge in [0.2, 0.25) is 5.91 Å². The van der Waals surface area contributed by atoms with Gasteiger partial charge in [-0.1, -0.05) is 0 Å². The minimum atomic E-state index is -0.649. The van der Waals surface area contributed by atoms with Crippen LogP contribution in [0.1, 0.15) is 27.2 Å². The Kier molecular flexibility index (Phi) is 2.42. The number of nitrogens with zero attached hydrogens (tertiary/aromatic N) is 1. The van der Waals surface area contributed by atoms with Crippen LogP contribution >= 0.6 is 0 Å². The number of hydrogen-bond donors (Lipinski definition) is 1. The van der Waals surface area contributed by atoms with Crippen molar-refractivity contribution in [2.45, 2.75) is 32.8 Å². The average molecular weight is 171 g/mol. The number of rotatable bonds is 1. The van der Waals surface area contributed by atoms with E-state index in [1.54, 1.807) is 25.7 Å². The van der Waals surface area contributed by atoms with E-state index in [0.717, 1.165) is 13.0 Å². The Hall–Kier alpha value is -0.570. The highest BCUT2D eigenvalue weighted by Crippen LogP contribution is 2.26. The van der Waals surface area contributed by atoms with Crippen molar-refractivity contribution in [3.63, 3.8) is 0 Å². The smallest absolute Gasteiger partial charge is 0.219 e. The van der Waals surface area contributed by atoms with Gasteiger partial charge < -0.3 is 10.0 Å². The highest BCUT2D eigenvalue weighted by molar-refractivity contribution is 5.73. The molecule has 1 amide bonds. The lowest BCUT2D eigenvalue weighted by Gasteiger charge is -2.25. The summed E-state index contributed by atoms with van der Waals surface area (Å²) in [6, 6.07) is 0. The van der Waals surface area contributed by atoms with Gasteiger partial charge in [-0.25, -0.2) is 0 Å². The third-order valence-corrected chi connectivity index (χ3v) is 2.63. The Morgan fingerprint density at radius 1 is 1.58 bits per heavy atom. The van der Waals surface area contributed by atoms with Gasteiger partial charge in [-0.15, -0.1) is 0 Å². The molecule has 1 fully saturated rings. The van der Waals surface area contributed by atoms with Crippen molar-refractivity contribution >= 4 is 5.91 Å². The highest BCUT2D eigenvalue weighted by Gasteiger charge is 2.34. The van der Waals surface area contributed by atoms with Crippen LogP contribution in [0.5, 0.6) is 0 Å². The summed E-state index contributed by atoms with van der Waals surface area (Å²) in [6.07, 6.45) is 0.920. The lowest BCUT2D eigenvalue weighted by Crippen LogP contribution is -2.34. The molecular weight excluding hydrogens is 154 g/mol. The summed E-state index contributed by atoms with van der Waals surface area (Å²) in [6.45, 7) is 6.69. The summed E-state index contributed by atoms with van der Waals surface area (Å²) >= 11 is 0. The highest BCUT2D eigenvalue weighted by atomic mass is 16.3. The Balaban J connectivity index is 2.51. The molecule has 1 aliphatic heterocycles. The van der Waals surface area contributed by atoms with E-state index < -0.39 is 5.60 Å². The molecule has 0 spiro atoms. The summed E-state index contributed by atoms with van der Waals surface area (Å²) in [5.74, 6) is 0.350. The van der Waals surface area contributed by atoms with Crippen LogP contribution < -0.4 is 0 Å². The maximum Gasteiger partial charge on any atom is 0.219 e. The lowest BCUT2D eigenvalue weighted by molar-refractivity contribution is -0.128. The molecule has 1 saturated heterocycles. The van der Waals surface area contributed by atoms with Crippen molar-refractivity contribution in [2.24, 2.45) is 5.92 Å². The summed E-state index contributed by atoms with van der Waals surface area (Å²) in [5, 5.41) is 9.68. The SMILES string of the molecule is CC(=O)N1CCC(C(C)(C)O)C1. The molecule has 70 valence electrons. The van der Waals surface area contributed by atoms with Crippen LogP contribution in [0.3, 0.4) is 0 Å². The number of aliphatic hydroxyl groups is 1. The summed E-state index contributed by atoms with van der Waals surface area (Å²) < 4.78 is 0. The number of likely N-dealkylation sites (tertiary alicyclic amines) is 1. The molecule has 1 N–H and O–H groups in total. The van der Waals surface area contributed by atoms with Crippen LogP contribution in [0, 0.1) is 5.92 Å². The van der Waals surface area contributed by atoms with Crippen LogP contribution in [0.2, 0.25) is 0 Å². The van der Waals surface area contributed by atoms with Crippen LogP contribution in [0.25, 0.3) is 0 Å². The molecule has 0 bridgehead atoms. The van der Waals surface area contributed by atoms with Gasteiger partial charge in [0, 0.05) is 25.9 Å². The van der Waals surface area contributed by atoms with Gasteiger partial charge in [0.25, 0.3) is 0 Å². The quantitative estimate of drug-likeness (QED) is 0.628. The molecule has 0 aliphatic carbocycles. The Morgan fingerprint density at radius 3 is 2.42 bits per heavy atom. The van der Waals surface area contributed by atoms with Crippen LogP contribution in [0.4, 0.5) is 0 Å². The second-order valence-corrected chi connectivity index (χ2v) is 4.10. The summed E-state index contributed by atoms with van der Waals surface area (Å²) in [7, 11) is 0. The first-order valence-corrected chi connectivity index (χ1v) is 4.39. The predicted octanol–water partition coefficient (Wildman–Crippen LogP) is 0.626. The van der Waals surface area contributed by atoms with Gasteiger partial charge >= 0.3 is 0 Å². The standard InChI is InChI=1S/C9H17NO2/c1-7(11)10-5-4-8(6-10)9(2,3)12/h8,12H,4-6H2,1-3H3. The fraction of sp³-hybridized carbons (Fsp3) is 0.889. The molecule has 0 radical (unpaired) electrons. The Morgan fingerprint density at radius 2 is 2.17 bits per heavy atom. The third-order valence-electron chi connectivity index (χ3n) is 2.63. The van der Waals surface area contributed by atoms with E-state index >= 15 is 0 Å². The molecular formula is C9H17NO2. The van der Waals surface area contributed by atoms with E-state index in [4.69, 9.17) is 0 Å². The number of amides is 1. The topological polar surface area (TPSA) is 40.5 Å². The maximum atomic E-state index is 11.0. The largest absolute Gasteiger partial charge is 0.390 e. The molecule has 1 unspecified atom stereocenters. The maximum absolute atomic E-state index is 11.0. The van der Waals surface area contributed by atoms with Crippen molar-refractivity contribution in [1.29, 1.82) is 0 Å². The van der Waals surface area contributed by atoms with Crippen molar-refractivity contribution in [1.82, 2.24) is 4.90 Å². The fourth-order valence-electron chi connectivity index (χ4n) is 1.62. The van der Waals surface area contributed by atoms with Crippen LogP contribution in [0.15, 0.2) is 0 Å².